The lowest BCUT2D eigenvalue weighted by Crippen LogP contribution is -2.49. The molecular weight excluding hydrogens is 345 g/mol. The van der Waals surface area contributed by atoms with Crippen molar-refractivity contribution in [2.45, 2.75) is 32.0 Å². The van der Waals surface area contributed by atoms with Gasteiger partial charge in [0.1, 0.15) is 0 Å². The summed E-state index contributed by atoms with van der Waals surface area (Å²) < 4.78 is 39.3. The molecule has 8 heteroatoms. The van der Waals surface area contributed by atoms with Crippen LogP contribution in [0.25, 0.3) is 5.69 Å². The first-order valence-electron chi connectivity index (χ1n) is 8.54. The van der Waals surface area contributed by atoms with E-state index in [-0.39, 0.29) is 11.9 Å². The standard InChI is InChI=1S/C18H21F3N4O/c1-12-5-7-24(15(9-12)11-22)17(26)13-3-2-4-14(10-13)25-8-6-16(23-25)18(19,20)21/h2-4,6,8,10,12,15H,5,7,9,11,22H2,1H3. The predicted molar refractivity (Wildman–Crippen MR) is 90.8 cm³/mol. The van der Waals surface area contributed by atoms with Gasteiger partial charge in [-0.25, -0.2) is 4.68 Å². The summed E-state index contributed by atoms with van der Waals surface area (Å²) in [5.74, 6) is 0.362. The molecule has 5 nitrogen and oxygen atoms in total. The van der Waals surface area contributed by atoms with Crippen molar-refractivity contribution >= 4 is 5.91 Å². The van der Waals surface area contributed by atoms with Crippen molar-refractivity contribution in [1.82, 2.24) is 14.7 Å². The Kier molecular flexibility index (Phi) is 5.04. The van der Waals surface area contributed by atoms with Gasteiger partial charge in [-0.05, 0) is 43.0 Å². The summed E-state index contributed by atoms with van der Waals surface area (Å²) >= 11 is 0. The molecule has 0 spiro atoms. The van der Waals surface area contributed by atoms with Crippen LogP contribution < -0.4 is 5.73 Å². The zero-order valence-corrected chi connectivity index (χ0v) is 14.4. The molecule has 2 atom stereocenters. The fourth-order valence-electron chi connectivity index (χ4n) is 3.31. The number of piperidine rings is 1. The predicted octanol–water partition coefficient (Wildman–Crippen LogP) is 3.09. The van der Waals surface area contributed by atoms with Crippen molar-refractivity contribution in [3.05, 3.63) is 47.8 Å². The van der Waals surface area contributed by atoms with Crippen molar-refractivity contribution in [2.24, 2.45) is 11.7 Å². The number of hydrogen-bond acceptors (Lipinski definition) is 3. The molecule has 1 fully saturated rings. The van der Waals surface area contributed by atoms with Gasteiger partial charge in [0, 0.05) is 30.9 Å². The highest BCUT2D eigenvalue weighted by atomic mass is 19.4. The summed E-state index contributed by atoms with van der Waals surface area (Å²) in [7, 11) is 0. The monoisotopic (exact) mass is 366 g/mol. The van der Waals surface area contributed by atoms with E-state index in [2.05, 4.69) is 12.0 Å². The van der Waals surface area contributed by atoms with Gasteiger partial charge in [-0.15, -0.1) is 0 Å². The number of rotatable bonds is 3. The number of amides is 1. The number of alkyl halides is 3. The maximum atomic E-state index is 12.9. The van der Waals surface area contributed by atoms with Gasteiger partial charge in [0.05, 0.1) is 5.69 Å². The van der Waals surface area contributed by atoms with E-state index in [9.17, 15) is 18.0 Å². The van der Waals surface area contributed by atoms with Crippen LogP contribution in [0.1, 0.15) is 35.8 Å². The van der Waals surface area contributed by atoms with Crippen molar-refractivity contribution in [3.63, 3.8) is 0 Å². The number of benzene rings is 1. The molecule has 0 aliphatic carbocycles. The minimum absolute atomic E-state index is 0.0172. The van der Waals surface area contributed by atoms with Crippen LogP contribution in [0.3, 0.4) is 0 Å². The van der Waals surface area contributed by atoms with E-state index < -0.39 is 11.9 Å². The minimum Gasteiger partial charge on any atom is -0.334 e. The molecule has 2 unspecified atom stereocenters. The quantitative estimate of drug-likeness (QED) is 0.908. The summed E-state index contributed by atoms with van der Waals surface area (Å²) in [5, 5.41) is 3.55. The zero-order valence-electron chi connectivity index (χ0n) is 14.4. The summed E-state index contributed by atoms with van der Waals surface area (Å²) in [6.45, 7) is 3.16. The number of halogens is 3. The van der Waals surface area contributed by atoms with Crippen LogP contribution in [-0.2, 0) is 6.18 Å². The van der Waals surface area contributed by atoms with E-state index in [0.717, 1.165) is 23.6 Å². The first-order valence-corrected chi connectivity index (χ1v) is 8.54. The van der Waals surface area contributed by atoms with Crippen molar-refractivity contribution < 1.29 is 18.0 Å². The molecule has 2 heterocycles. The van der Waals surface area contributed by atoms with E-state index in [1.165, 1.54) is 6.20 Å². The maximum Gasteiger partial charge on any atom is 0.435 e. The number of carbonyl (C=O) groups is 1. The average Bonchev–Trinajstić information content (AvgIpc) is 3.11. The Hall–Kier alpha value is -2.35. The fraction of sp³-hybridized carbons (Fsp3) is 0.444. The van der Waals surface area contributed by atoms with Crippen LogP contribution in [0, 0.1) is 5.92 Å². The highest BCUT2D eigenvalue weighted by Gasteiger charge is 2.34. The number of nitrogens with two attached hydrogens (primary N) is 1. The molecule has 1 aromatic heterocycles. The second-order valence-electron chi connectivity index (χ2n) is 6.71. The number of carbonyl (C=O) groups excluding carboxylic acids is 1. The highest BCUT2D eigenvalue weighted by molar-refractivity contribution is 5.95. The Labute approximate surface area is 149 Å². The molecule has 0 saturated carbocycles. The molecule has 26 heavy (non-hydrogen) atoms. The smallest absolute Gasteiger partial charge is 0.334 e. The molecule has 3 rings (SSSR count). The molecule has 0 bridgehead atoms. The highest BCUT2D eigenvalue weighted by Crippen LogP contribution is 2.28. The van der Waals surface area contributed by atoms with Crippen LogP contribution in [0.2, 0.25) is 0 Å². The molecule has 1 saturated heterocycles. The molecular formula is C18H21F3N4O. The first kappa shape index (κ1) is 18.4. The molecule has 2 aromatic rings. The van der Waals surface area contributed by atoms with Crippen molar-refractivity contribution in [2.75, 3.05) is 13.1 Å². The lowest BCUT2D eigenvalue weighted by atomic mass is 9.92. The molecule has 1 aliphatic heterocycles. The Morgan fingerprint density at radius 2 is 2.12 bits per heavy atom. The maximum absolute atomic E-state index is 12.9. The third-order valence-electron chi connectivity index (χ3n) is 4.75. The number of hydrogen-bond donors (Lipinski definition) is 1. The van der Waals surface area contributed by atoms with E-state index in [0.29, 0.717) is 30.3 Å². The summed E-state index contributed by atoms with van der Waals surface area (Å²) in [4.78, 5) is 14.7. The molecule has 2 N–H and O–H groups in total. The van der Waals surface area contributed by atoms with Crippen LogP contribution in [-0.4, -0.2) is 39.7 Å². The van der Waals surface area contributed by atoms with Crippen LogP contribution >= 0.6 is 0 Å². The SMILES string of the molecule is CC1CCN(C(=O)c2cccc(-n3ccc(C(F)(F)F)n3)c2)C(CN)C1. The van der Waals surface area contributed by atoms with Crippen LogP contribution in [0.4, 0.5) is 13.2 Å². The number of likely N-dealkylation sites (tertiary alicyclic amines) is 1. The summed E-state index contributed by atoms with van der Waals surface area (Å²) in [6, 6.07) is 7.36. The lowest BCUT2D eigenvalue weighted by Gasteiger charge is -2.38. The first-order chi connectivity index (χ1) is 12.3. The van der Waals surface area contributed by atoms with Crippen molar-refractivity contribution in [1.29, 1.82) is 0 Å². The Morgan fingerprint density at radius 3 is 2.77 bits per heavy atom. The normalized spacial score (nSPS) is 21.0. The Morgan fingerprint density at radius 1 is 1.35 bits per heavy atom. The van der Waals surface area contributed by atoms with E-state index in [4.69, 9.17) is 5.73 Å². The van der Waals surface area contributed by atoms with Gasteiger partial charge in [0.25, 0.3) is 5.91 Å². The molecule has 1 amide bonds. The molecule has 140 valence electrons. The van der Waals surface area contributed by atoms with Gasteiger partial charge < -0.3 is 10.6 Å². The largest absolute Gasteiger partial charge is 0.435 e. The van der Waals surface area contributed by atoms with Gasteiger partial charge in [-0.1, -0.05) is 13.0 Å². The lowest BCUT2D eigenvalue weighted by molar-refractivity contribution is -0.141. The second-order valence-corrected chi connectivity index (χ2v) is 6.71. The molecule has 1 aromatic carbocycles. The van der Waals surface area contributed by atoms with E-state index >= 15 is 0 Å². The third kappa shape index (κ3) is 3.75. The Bertz CT molecular complexity index is 787. The number of nitrogens with zero attached hydrogens (tertiary/aromatic N) is 3. The van der Waals surface area contributed by atoms with Crippen LogP contribution in [0.15, 0.2) is 36.5 Å². The summed E-state index contributed by atoms with van der Waals surface area (Å²) in [5.41, 5.74) is 5.67. The van der Waals surface area contributed by atoms with Gasteiger partial charge in [-0.3, -0.25) is 4.79 Å². The fourth-order valence-corrected chi connectivity index (χ4v) is 3.31. The van der Waals surface area contributed by atoms with E-state index in [1.807, 2.05) is 0 Å². The number of aromatic nitrogens is 2. The topological polar surface area (TPSA) is 64.2 Å². The summed E-state index contributed by atoms with van der Waals surface area (Å²) in [6.07, 6.45) is -1.50. The van der Waals surface area contributed by atoms with Gasteiger partial charge in [0.2, 0.25) is 0 Å². The molecule has 0 radical (unpaired) electrons. The average molecular weight is 366 g/mol. The Balaban J connectivity index is 1.85. The van der Waals surface area contributed by atoms with Crippen molar-refractivity contribution in [3.8, 4) is 5.69 Å². The van der Waals surface area contributed by atoms with Gasteiger partial charge in [-0.2, -0.15) is 18.3 Å². The van der Waals surface area contributed by atoms with Gasteiger partial charge in [0.15, 0.2) is 5.69 Å². The van der Waals surface area contributed by atoms with E-state index in [1.54, 1.807) is 29.2 Å². The second kappa shape index (κ2) is 7.11. The zero-order chi connectivity index (χ0) is 18.9. The van der Waals surface area contributed by atoms with Gasteiger partial charge >= 0.3 is 6.18 Å². The third-order valence-corrected chi connectivity index (χ3v) is 4.75. The molecule has 1 aliphatic rings. The van der Waals surface area contributed by atoms with Crippen LogP contribution in [0.5, 0.6) is 0 Å². The minimum atomic E-state index is -4.50.